The molecule has 3 heteroatoms. The lowest BCUT2D eigenvalue weighted by molar-refractivity contribution is 0.0792. The second-order valence-electron chi connectivity index (χ2n) is 4.94. The molecule has 16 heavy (non-hydrogen) atoms. The highest BCUT2D eigenvalue weighted by molar-refractivity contribution is 6.03. The molecule has 0 saturated carbocycles. The SMILES string of the molecule is CC1(C)C(=O)c2ccc(C#N)cc2[C@@H]2O[C@@H]21. The van der Waals surface area contributed by atoms with E-state index in [-0.39, 0.29) is 18.0 Å². The van der Waals surface area contributed by atoms with Crippen LogP contribution in [0.15, 0.2) is 18.2 Å². The number of rotatable bonds is 0. The molecule has 0 aromatic heterocycles. The Morgan fingerprint density at radius 1 is 1.44 bits per heavy atom. The van der Waals surface area contributed by atoms with E-state index < -0.39 is 5.41 Å². The van der Waals surface area contributed by atoms with Crippen molar-refractivity contribution in [2.75, 3.05) is 0 Å². The fourth-order valence-electron chi connectivity index (χ4n) is 2.45. The molecule has 3 nitrogen and oxygen atoms in total. The van der Waals surface area contributed by atoms with Crippen molar-refractivity contribution >= 4 is 5.78 Å². The molecule has 1 aliphatic carbocycles. The molecule has 0 bridgehead atoms. The molecule has 1 saturated heterocycles. The maximum absolute atomic E-state index is 12.2. The number of nitriles is 1. The summed E-state index contributed by atoms with van der Waals surface area (Å²) < 4.78 is 5.56. The Balaban J connectivity index is 2.19. The third kappa shape index (κ3) is 1.03. The second kappa shape index (κ2) is 2.72. The van der Waals surface area contributed by atoms with Gasteiger partial charge >= 0.3 is 0 Å². The van der Waals surface area contributed by atoms with Crippen molar-refractivity contribution in [3.63, 3.8) is 0 Å². The molecule has 0 unspecified atom stereocenters. The van der Waals surface area contributed by atoms with Gasteiger partial charge in [0.05, 0.1) is 17.0 Å². The van der Waals surface area contributed by atoms with Crippen molar-refractivity contribution < 1.29 is 9.53 Å². The van der Waals surface area contributed by atoms with Crippen LogP contribution >= 0.6 is 0 Å². The molecule has 3 rings (SSSR count). The number of carbonyl (C=O) groups is 1. The molecule has 1 aliphatic heterocycles. The lowest BCUT2D eigenvalue weighted by Crippen LogP contribution is -2.34. The van der Waals surface area contributed by atoms with Gasteiger partial charge in [-0.25, -0.2) is 0 Å². The lowest BCUT2D eigenvalue weighted by atomic mass is 9.73. The standard InChI is InChI=1S/C13H11NO2/c1-13(2)11(15)8-4-3-7(6-14)5-9(8)10-12(13)16-10/h3-5,10,12H,1-2H3/t10-,12-/m0/s1. The summed E-state index contributed by atoms with van der Waals surface area (Å²) in [6.07, 6.45) is -0.00237. The van der Waals surface area contributed by atoms with Crippen LogP contribution < -0.4 is 0 Å². The molecule has 0 spiro atoms. The predicted octanol–water partition coefficient (Wildman–Crippen LogP) is 2.22. The summed E-state index contributed by atoms with van der Waals surface area (Å²) in [5, 5.41) is 8.83. The number of benzene rings is 1. The first kappa shape index (κ1) is 9.56. The van der Waals surface area contributed by atoms with Gasteiger partial charge in [-0.2, -0.15) is 5.26 Å². The van der Waals surface area contributed by atoms with Crippen LogP contribution in [0.2, 0.25) is 0 Å². The van der Waals surface area contributed by atoms with E-state index in [0.29, 0.717) is 11.1 Å². The predicted molar refractivity (Wildman–Crippen MR) is 56.9 cm³/mol. The molecule has 0 amide bonds. The van der Waals surface area contributed by atoms with Gasteiger partial charge in [0, 0.05) is 5.56 Å². The highest BCUT2D eigenvalue weighted by atomic mass is 16.6. The number of ether oxygens (including phenoxy) is 1. The molecule has 0 radical (unpaired) electrons. The zero-order chi connectivity index (χ0) is 11.5. The first-order valence-corrected chi connectivity index (χ1v) is 5.30. The summed E-state index contributed by atoms with van der Waals surface area (Å²) in [5.41, 5.74) is 1.74. The first-order chi connectivity index (χ1) is 7.55. The first-order valence-electron chi connectivity index (χ1n) is 5.30. The van der Waals surface area contributed by atoms with E-state index in [1.165, 1.54) is 0 Å². The number of epoxide rings is 1. The smallest absolute Gasteiger partial charge is 0.171 e. The van der Waals surface area contributed by atoms with Crippen LogP contribution in [0.3, 0.4) is 0 Å². The molecule has 1 heterocycles. The molecule has 0 N–H and O–H groups in total. The third-order valence-electron chi connectivity index (χ3n) is 3.52. The third-order valence-corrected chi connectivity index (χ3v) is 3.52. The Morgan fingerprint density at radius 2 is 2.19 bits per heavy atom. The monoisotopic (exact) mass is 213 g/mol. The molecule has 1 fully saturated rings. The lowest BCUT2D eigenvalue weighted by Gasteiger charge is -2.26. The Hall–Kier alpha value is -1.66. The van der Waals surface area contributed by atoms with Crippen LogP contribution in [0, 0.1) is 16.7 Å². The minimum atomic E-state index is -0.439. The summed E-state index contributed by atoms with van der Waals surface area (Å²) in [6.45, 7) is 3.84. The van der Waals surface area contributed by atoms with E-state index in [9.17, 15) is 4.79 Å². The number of ketones is 1. The summed E-state index contributed by atoms with van der Waals surface area (Å²) in [4.78, 5) is 12.2. The summed E-state index contributed by atoms with van der Waals surface area (Å²) in [5.74, 6) is 0.116. The van der Waals surface area contributed by atoms with Crippen LogP contribution in [0.4, 0.5) is 0 Å². The van der Waals surface area contributed by atoms with Crippen LogP contribution in [-0.4, -0.2) is 11.9 Å². The number of hydrogen-bond donors (Lipinski definition) is 0. The summed E-state index contributed by atoms with van der Waals surface area (Å²) in [7, 11) is 0. The van der Waals surface area contributed by atoms with Gasteiger partial charge in [0.2, 0.25) is 0 Å². The maximum atomic E-state index is 12.2. The van der Waals surface area contributed by atoms with Crippen molar-refractivity contribution in [2.45, 2.75) is 26.1 Å². The van der Waals surface area contributed by atoms with E-state index in [2.05, 4.69) is 6.07 Å². The van der Waals surface area contributed by atoms with E-state index in [4.69, 9.17) is 10.00 Å². The van der Waals surface area contributed by atoms with Crippen LogP contribution in [-0.2, 0) is 4.74 Å². The van der Waals surface area contributed by atoms with Gasteiger partial charge in [-0.1, -0.05) is 0 Å². The summed E-state index contributed by atoms with van der Waals surface area (Å²) >= 11 is 0. The molecule has 2 atom stereocenters. The topological polar surface area (TPSA) is 53.4 Å². The molecule has 1 aromatic carbocycles. The highest BCUT2D eigenvalue weighted by Gasteiger charge is 2.58. The van der Waals surface area contributed by atoms with Crippen molar-refractivity contribution in [1.29, 1.82) is 5.26 Å². The quantitative estimate of drug-likeness (QED) is 0.621. The van der Waals surface area contributed by atoms with Crippen LogP contribution in [0.5, 0.6) is 0 Å². The average Bonchev–Trinajstić information content (AvgIpc) is 3.06. The van der Waals surface area contributed by atoms with Gasteiger partial charge < -0.3 is 4.74 Å². The normalized spacial score (nSPS) is 28.9. The Labute approximate surface area is 93.6 Å². The number of hydrogen-bond acceptors (Lipinski definition) is 3. The average molecular weight is 213 g/mol. The van der Waals surface area contributed by atoms with Gasteiger partial charge in [0.15, 0.2) is 5.78 Å². The van der Waals surface area contributed by atoms with Gasteiger partial charge in [-0.15, -0.1) is 0 Å². The van der Waals surface area contributed by atoms with E-state index in [1.807, 2.05) is 13.8 Å². The molecule has 80 valence electrons. The van der Waals surface area contributed by atoms with E-state index >= 15 is 0 Å². The number of fused-ring (bicyclic) bond motifs is 3. The van der Waals surface area contributed by atoms with Crippen molar-refractivity contribution in [3.8, 4) is 6.07 Å². The van der Waals surface area contributed by atoms with Crippen molar-refractivity contribution in [2.24, 2.45) is 5.41 Å². The van der Waals surface area contributed by atoms with E-state index in [1.54, 1.807) is 18.2 Å². The van der Waals surface area contributed by atoms with Crippen LogP contribution in [0.1, 0.15) is 41.4 Å². The number of nitrogens with zero attached hydrogens (tertiary/aromatic N) is 1. The van der Waals surface area contributed by atoms with Gasteiger partial charge in [-0.3, -0.25) is 4.79 Å². The minimum Gasteiger partial charge on any atom is -0.363 e. The summed E-state index contributed by atoms with van der Waals surface area (Å²) in [6, 6.07) is 7.29. The zero-order valence-electron chi connectivity index (χ0n) is 9.15. The van der Waals surface area contributed by atoms with E-state index in [0.717, 1.165) is 5.56 Å². The van der Waals surface area contributed by atoms with Gasteiger partial charge in [0.25, 0.3) is 0 Å². The Bertz CT molecular complexity index is 539. The highest BCUT2D eigenvalue weighted by Crippen LogP contribution is 2.55. The van der Waals surface area contributed by atoms with Crippen LogP contribution in [0.25, 0.3) is 0 Å². The van der Waals surface area contributed by atoms with Crippen molar-refractivity contribution in [3.05, 3.63) is 34.9 Å². The molecule has 1 aromatic rings. The molecular formula is C13H11NO2. The molecular weight excluding hydrogens is 202 g/mol. The fourth-order valence-corrected chi connectivity index (χ4v) is 2.45. The zero-order valence-corrected chi connectivity index (χ0v) is 9.15. The Kier molecular flexibility index (Phi) is 1.62. The second-order valence-corrected chi connectivity index (χ2v) is 4.94. The van der Waals surface area contributed by atoms with Crippen molar-refractivity contribution in [1.82, 2.24) is 0 Å². The largest absolute Gasteiger partial charge is 0.363 e. The van der Waals surface area contributed by atoms with Gasteiger partial charge in [-0.05, 0) is 37.6 Å². The van der Waals surface area contributed by atoms with Gasteiger partial charge in [0.1, 0.15) is 12.2 Å². The fraction of sp³-hybridized carbons (Fsp3) is 0.385. The number of carbonyl (C=O) groups excluding carboxylic acids is 1. The number of Topliss-reactive ketones (excluding diaryl/α,β-unsaturated/α-hetero) is 1. The molecule has 2 aliphatic rings. The minimum absolute atomic E-state index is 0.0102. The maximum Gasteiger partial charge on any atom is 0.171 e. The Morgan fingerprint density at radius 3 is 2.88 bits per heavy atom.